The fraction of sp³-hybridized carbons (Fsp3) is 0.292. The predicted molar refractivity (Wildman–Crippen MR) is 120 cm³/mol. The number of para-hydroxylation sites is 1. The van der Waals surface area contributed by atoms with Crippen LogP contribution in [0, 0.1) is 6.92 Å². The van der Waals surface area contributed by atoms with Gasteiger partial charge in [0.1, 0.15) is 0 Å². The van der Waals surface area contributed by atoms with Gasteiger partial charge in [-0.15, -0.1) is 0 Å². The van der Waals surface area contributed by atoms with Gasteiger partial charge in [-0.1, -0.05) is 30.3 Å². The molecule has 7 heteroatoms. The molecule has 2 heterocycles. The van der Waals surface area contributed by atoms with E-state index in [9.17, 15) is 9.59 Å². The fourth-order valence-corrected chi connectivity index (χ4v) is 3.69. The summed E-state index contributed by atoms with van der Waals surface area (Å²) in [6, 6.07) is 19.1. The summed E-state index contributed by atoms with van der Waals surface area (Å²) in [6.45, 7) is 5.43. The summed E-state index contributed by atoms with van der Waals surface area (Å²) in [5.41, 5.74) is 3.16. The second-order valence-electron chi connectivity index (χ2n) is 7.67. The van der Waals surface area contributed by atoms with Crippen LogP contribution >= 0.6 is 0 Å². The number of amides is 1. The first-order chi connectivity index (χ1) is 15.0. The first kappa shape index (κ1) is 20.8. The van der Waals surface area contributed by atoms with Gasteiger partial charge in [-0.05, 0) is 36.8 Å². The van der Waals surface area contributed by atoms with Gasteiger partial charge < -0.3 is 14.5 Å². The summed E-state index contributed by atoms with van der Waals surface area (Å²) in [5, 5.41) is 4.37. The number of carbonyl (C=O) groups excluding carboxylic acids is 1. The van der Waals surface area contributed by atoms with Crippen molar-refractivity contribution < 1.29 is 9.53 Å². The monoisotopic (exact) mass is 418 g/mol. The molecule has 1 fully saturated rings. The van der Waals surface area contributed by atoms with E-state index >= 15 is 0 Å². The van der Waals surface area contributed by atoms with E-state index in [0.717, 1.165) is 43.2 Å². The van der Waals surface area contributed by atoms with Crippen LogP contribution in [-0.2, 0) is 11.3 Å². The van der Waals surface area contributed by atoms with Gasteiger partial charge in [0.15, 0.2) is 5.69 Å². The standard InChI is InChI=1S/C24H26N4O3/c1-18-16-22(29)23(25-28(18)21-6-4-3-5-7-21)24(30)26(2)17-19-8-10-20(11-9-19)27-12-14-31-15-13-27/h3-11,16H,12-15,17H2,1-2H3. The van der Waals surface area contributed by atoms with Crippen LogP contribution in [0.3, 0.4) is 0 Å². The molecule has 0 saturated carbocycles. The Kier molecular flexibility index (Phi) is 6.13. The van der Waals surface area contributed by atoms with Crippen LogP contribution in [0.1, 0.15) is 21.7 Å². The predicted octanol–water partition coefficient (Wildman–Crippen LogP) is 2.65. The Morgan fingerprint density at radius 1 is 1.03 bits per heavy atom. The molecule has 0 spiro atoms. The zero-order valence-corrected chi connectivity index (χ0v) is 17.8. The minimum absolute atomic E-state index is 0.0816. The number of rotatable bonds is 5. The van der Waals surface area contributed by atoms with Gasteiger partial charge in [-0.25, -0.2) is 4.68 Å². The Hall–Kier alpha value is -3.45. The summed E-state index contributed by atoms with van der Waals surface area (Å²) >= 11 is 0. The van der Waals surface area contributed by atoms with Crippen LogP contribution in [0.4, 0.5) is 5.69 Å². The smallest absolute Gasteiger partial charge is 0.278 e. The second kappa shape index (κ2) is 9.14. The first-order valence-corrected chi connectivity index (χ1v) is 10.4. The summed E-state index contributed by atoms with van der Waals surface area (Å²) in [6.07, 6.45) is 0. The average molecular weight is 418 g/mol. The first-order valence-electron chi connectivity index (χ1n) is 10.4. The summed E-state index contributed by atoms with van der Waals surface area (Å²) < 4.78 is 7.03. The lowest BCUT2D eigenvalue weighted by atomic mass is 10.1. The number of hydrogen-bond acceptors (Lipinski definition) is 5. The number of benzene rings is 2. The summed E-state index contributed by atoms with van der Waals surface area (Å²) in [4.78, 5) is 29.3. The molecule has 0 unspecified atom stereocenters. The lowest BCUT2D eigenvalue weighted by Gasteiger charge is -2.29. The van der Waals surface area contributed by atoms with Crippen molar-refractivity contribution in [3.8, 4) is 5.69 Å². The Morgan fingerprint density at radius 3 is 2.39 bits per heavy atom. The van der Waals surface area contributed by atoms with Gasteiger partial charge in [-0.3, -0.25) is 9.59 Å². The SMILES string of the molecule is Cc1cc(=O)c(C(=O)N(C)Cc2ccc(N3CCOCC3)cc2)nn1-c1ccccc1. The van der Waals surface area contributed by atoms with Crippen LogP contribution < -0.4 is 10.3 Å². The van der Waals surface area contributed by atoms with E-state index in [1.807, 2.05) is 42.5 Å². The molecule has 1 aliphatic heterocycles. The molecule has 4 rings (SSSR count). The maximum absolute atomic E-state index is 13.0. The molecule has 2 aromatic carbocycles. The Balaban J connectivity index is 1.51. The van der Waals surface area contributed by atoms with E-state index in [0.29, 0.717) is 12.2 Å². The molecule has 160 valence electrons. The van der Waals surface area contributed by atoms with Gasteiger partial charge in [-0.2, -0.15) is 5.10 Å². The largest absolute Gasteiger partial charge is 0.378 e. The third-order valence-corrected chi connectivity index (χ3v) is 5.39. The molecule has 0 bridgehead atoms. The maximum Gasteiger partial charge on any atom is 0.278 e. The zero-order valence-electron chi connectivity index (χ0n) is 17.8. The number of aromatic nitrogens is 2. The summed E-state index contributed by atoms with van der Waals surface area (Å²) in [7, 11) is 1.69. The Bertz CT molecular complexity index is 1100. The molecule has 1 amide bonds. The van der Waals surface area contributed by atoms with Crippen LogP contribution in [0.25, 0.3) is 5.69 Å². The van der Waals surface area contributed by atoms with Crippen molar-refractivity contribution in [3.05, 3.63) is 87.8 Å². The third kappa shape index (κ3) is 4.67. The van der Waals surface area contributed by atoms with Gasteiger partial charge in [0.05, 0.1) is 18.9 Å². The van der Waals surface area contributed by atoms with Gasteiger partial charge >= 0.3 is 0 Å². The number of carbonyl (C=O) groups is 1. The number of morpholine rings is 1. The number of anilines is 1. The van der Waals surface area contributed by atoms with E-state index in [4.69, 9.17) is 4.74 Å². The highest BCUT2D eigenvalue weighted by atomic mass is 16.5. The topological polar surface area (TPSA) is 67.7 Å². The van der Waals surface area contributed by atoms with Crippen molar-refractivity contribution in [2.75, 3.05) is 38.3 Å². The molecule has 7 nitrogen and oxygen atoms in total. The highest BCUT2D eigenvalue weighted by Gasteiger charge is 2.20. The highest BCUT2D eigenvalue weighted by molar-refractivity contribution is 5.91. The van der Waals surface area contributed by atoms with Crippen LogP contribution in [-0.4, -0.2) is 53.9 Å². The van der Waals surface area contributed by atoms with Crippen molar-refractivity contribution >= 4 is 11.6 Å². The molecule has 0 aliphatic carbocycles. The van der Waals surface area contributed by atoms with E-state index in [1.165, 1.54) is 11.0 Å². The average Bonchev–Trinajstić information content (AvgIpc) is 2.80. The van der Waals surface area contributed by atoms with Crippen molar-refractivity contribution in [2.24, 2.45) is 0 Å². The van der Waals surface area contributed by atoms with Crippen molar-refractivity contribution in [1.29, 1.82) is 0 Å². The van der Waals surface area contributed by atoms with Crippen LogP contribution in [0.5, 0.6) is 0 Å². The summed E-state index contributed by atoms with van der Waals surface area (Å²) in [5.74, 6) is -0.396. The van der Waals surface area contributed by atoms with Gasteiger partial charge in [0.25, 0.3) is 5.91 Å². The fourth-order valence-electron chi connectivity index (χ4n) is 3.69. The quantitative estimate of drug-likeness (QED) is 0.637. The molecular formula is C24H26N4O3. The van der Waals surface area contributed by atoms with Crippen LogP contribution in [0.15, 0.2) is 65.5 Å². The Morgan fingerprint density at radius 2 is 1.71 bits per heavy atom. The molecule has 31 heavy (non-hydrogen) atoms. The van der Waals surface area contributed by atoms with Crippen LogP contribution in [0.2, 0.25) is 0 Å². The molecular weight excluding hydrogens is 392 g/mol. The number of ether oxygens (including phenoxy) is 1. The second-order valence-corrected chi connectivity index (χ2v) is 7.67. The highest BCUT2D eigenvalue weighted by Crippen LogP contribution is 2.18. The Labute approximate surface area is 181 Å². The molecule has 1 aromatic heterocycles. The number of aryl methyl sites for hydroxylation is 1. The molecule has 1 aliphatic rings. The van der Waals surface area contributed by atoms with Crippen molar-refractivity contribution in [3.63, 3.8) is 0 Å². The van der Waals surface area contributed by atoms with Gasteiger partial charge in [0.2, 0.25) is 5.43 Å². The van der Waals surface area contributed by atoms with Crippen molar-refractivity contribution in [2.45, 2.75) is 13.5 Å². The molecule has 0 radical (unpaired) electrons. The zero-order chi connectivity index (χ0) is 21.8. The third-order valence-electron chi connectivity index (χ3n) is 5.39. The molecule has 1 saturated heterocycles. The van der Waals surface area contributed by atoms with E-state index in [1.54, 1.807) is 18.7 Å². The van der Waals surface area contributed by atoms with Gasteiger partial charge in [0, 0.05) is 44.1 Å². The van der Waals surface area contributed by atoms with Crippen molar-refractivity contribution in [1.82, 2.24) is 14.7 Å². The normalized spacial score (nSPS) is 13.8. The lowest BCUT2D eigenvalue weighted by Crippen LogP contribution is -2.36. The molecule has 3 aromatic rings. The molecule has 0 N–H and O–H groups in total. The van der Waals surface area contributed by atoms with E-state index in [2.05, 4.69) is 22.1 Å². The van der Waals surface area contributed by atoms with E-state index in [-0.39, 0.29) is 11.1 Å². The number of hydrogen-bond donors (Lipinski definition) is 0. The number of nitrogens with zero attached hydrogens (tertiary/aromatic N) is 4. The minimum atomic E-state index is -0.396. The minimum Gasteiger partial charge on any atom is -0.378 e. The van der Waals surface area contributed by atoms with E-state index < -0.39 is 5.91 Å². The maximum atomic E-state index is 13.0. The lowest BCUT2D eigenvalue weighted by molar-refractivity contribution is 0.0776. The molecule has 0 atom stereocenters.